The van der Waals surface area contributed by atoms with Crippen LogP contribution >= 0.6 is 0 Å². The van der Waals surface area contributed by atoms with Crippen LogP contribution in [-0.2, 0) is 6.54 Å². The van der Waals surface area contributed by atoms with Gasteiger partial charge in [0.2, 0.25) is 0 Å². The van der Waals surface area contributed by atoms with Gasteiger partial charge in [0.05, 0.1) is 6.61 Å². The van der Waals surface area contributed by atoms with Crippen LogP contribution in [0, 0.1) is 5.92 Å². The highest BCUT2D eigenvalue weighted by atomic mass is 16.5. The van der Waals surface area contributed by atoms with Crippen molar-refractivity contribution in [2.45, 2.75) is 52.6 Å². The first kappa shape index (κ1) is 17.0. The van der Waals surface area contributed by atoms with Gasteiger partial charge in [-0.25, -0.2) is 0 Å². The molecule has 0 aliphatic heterocycles. The van der Waals surface area contributed by atoms with Gasteiger partial charge in [-0.3, -0.25) is 0 Å². The normalized spacial score (nSPS) is 12.7. The fourth-order valence-electron chi connectivity index (χ4n) is 1.98. The van der Waals surface area contributed by atoms with E-state index >= 15 is 0 Å². The molecule has 1 aromatic carbocycles. The van der Waals surface area contributed by atoms with Crippen LogP contribution in [0.25, 0.3) is 0 Å². The van der Waals surface area contributed by atoms with Crippen molar-refractivity contribution in [1.82, 2.24) is 5.32 Å². The van der Waals surface area contributed by atoms with Crippen molar-refractivity contribution >= 4 is 0 Å². The Morgan fingerprint density at radius 2 is 1.85 bits per heavy atom. The van der Waals surface area contributed by atoms with Crippen LogP contribution in [0.1, 0.15) is 45.6 Å². The minimum Gasteiger partial charge on any atom is -0.494 e. The Morgan fingerprint density at radius 1 is 1.15 bits per heavy atom. The molecule has 3 nitrogen and oxygen atoms in total. The third kappa shape index (κ3) is 6.92. The lowest BCUT2D eigenvalue weighted by molar-refractivity contribution is 0.262. The van der Waals surface area contributed by atoms with E-state index in [1.807, 2.05) is 12.1 Å². The lowest BCUT2D eigenvalue weighted by Gasteiger charge is -2.16. The molecular formula is C17H29NO2. The standard InChI is InChI=1S/C17H29NO2/c1-4-16(9-11-19)18-13-15-5-7-17(8-6-15)20-12-10-14(2)3/h5-8,14,16,18-19H,4,9-13H2,1-3H3. The number of aliphatic hydroxyl groups is 1. The second-order valence-electron chi connectivity index (χ2n) is 5.67. The summed E-state index contributed by atoms with van der Waals surface area (Å²) in [6.07, 6.45) is 2.94. The Balaban J connectivity index is 2.34. The molecule has 0 heterocycles. The molecule has 1 rings (SSSR count). The van der Waals surface area contributed by atoms with E-state index in [9.17, 15) is 0 Å². The number of hydrogen-bond acceptors (Lipinski definition) is 3. The van der Waals surface area contributed by atoms with Crippen molar-refractivity contribution in [3.05, 3.63) is 29.8 Å². The molecule has 2 N–H and O–H groups in total. The lowest BCUT2D eigenvalue weighted by Crippen LogP contribution is -2.28. The fourth-order valence-corrected chi connectivity index (χ4v) is 1.98. The van der Waals surface area contributed by atoms with Gasteiger partial charge in [0.25, 0.3) is 0 Å². The molecule has 0 fully saturated rings. The Kier molecular flexibility index (Phi) is 8.31. The van der Waals surface area contributed by atoms with Gasteiger partial charge < -0.3 is 15.2 Å². The molecule has 0 saturated heterocycles. The minimum absolute atomic E-state index is 0.244. The molecule has 0 radical (unpaired) electrons. The number of benzene rings is 1. The largest absolute Gasteiger partial charge is 0.494 e. The summed E-state index contributed by atoms with van der Waals surface area (Å²) in [4.78, 5) is 0. The maximum absolute atomic E-state index is 8.97. The topological polar surface area (TPSA) is 41.5 Å². The molecule has 0 aliphatic rings. The third-order valence-corrected chi connectivity index (χ3v) is 3.45. The first-order valence-electron chi connectivity index (χ1n) is 7.71. The monoisotopic (exact) mass is 279 g/mol. The van der Waals surface area contributed by atoms with E-state index in [-0.39, 0.29) is 6.61 Å². The van der Waals surface area contributed by atoms with E-state index in [0.29, 0.717) is 12.0 Å². The predicted molar refractivity (Wildman–Crippen MR) is 84.0 cm³/mol. The Morgan fingerprint density at radius 3 is 2.40 bits per heavy atom. The van der Waals surface area contributed by atoms with Crippen LogP contribution in [-0.4, -0.2) is 24.4 Å². The minimum atomic E-state index is 0.244. The SMILES string of the molecule is CCC(CCO)NCc1ccc(OCCC(C)C)cc1. The molecule has 0 amide bonds. The molecular weight excluding hydrogens is 250 g/mol. The van der Waals surface area contributed by atoms with E-state index in [0.717, 1.165) is 38.2 Å². The van der Waals surface area contributed by atoms with Gasteiger partial charge in [-0.05, 0) is 42.9 Å². The van der Waals surface area contributed by atoms with Gasteiger partial charge in [0.1, 0.15) is 5.75 Å². The summed E-state index contributed by atoms with van der Waals surface area (Å²) < 4.78 is 5.70. The maximum Gasteiger partial charge on any atom is 0.119 e. The van der Waals surface area contributed by atoms with Gasteiger partial charge >= 0.3 is 0 Å². The van der Waals surface area contributed by atoms with Crippen LogP contribution < -0.4 is 10.1 Å². The molecule has 1 atom stereocenters. The summed E-state index contributed by atoms with van der Waals surface area (Å²) in [5.41, 5.74) is 1.25. The number of ether oxygens (including phenoxy) is 1. The van der Waals surface area contributed by atoms with Gasteiger partial charge in [-0.15, -0.1) is 0 Å². The summed E-state index contributed by atoms with van der Waals surface area (Å²) in [7, 11) is 0. The van der Waals surface area contributed by atoms with E-state index < -0.39 is 0 Å². The number of hydrogen-bond donors (Lipinski definition) is 2. The zero-order valence-corrected chi connectivity index (χ0v) is 13.1. The van der Waals surface area contributed by atoms with Crippen molar-refractivity contribution in [3.8, 4) is 5.75 Å². The highest BCUT2D eigenvalue weighted by Crippen LogP contribution is 2.13. The zero-order valence-electron chi connectivity index (χ0n) is 13.1. The second kappa shape index (κ2) is 9.78. The molecule has 0 bridgehead atoms. The molecule has 20 heavy (non-hydrogen) atoms. The smallest absolute Gasteiger partial charge is 0.119 e. The molecule has 0 saturated carbocycles. The van der Waals surface area contributed by atoms with E-state index in [1.165, 1.54) is 5.56 Å². The van der Waals surface area contributed by atoms with E-state index in [2.05, 4.69) is 38.2 Å². The lowest BCUT2D eigenvalue weighted by atomic mass is 10.1. The molecule has 1 unspecified atom stereocenters. The quantitative estimate of drug-likeness (QED) is 0.690. The van der Waals surface area contributed by atoms with Crippen molar-refractivity contribution in [2.75, 3.05) is 13.2 Å². The Bertz CT molecular complexity index is 349. The molecule has 3 heteroatoms. The average molecular weight is 279 g/mol. The number of aliphatic hydroxyl groups excluding tert-OH is 1. The van der Waals surface area contributed by atoms with Crippen LogP contribution in [0.3, 0.4) is 0 Å². The third-order valence-electron chi connectivity index (χ3n) is 3.45. The van der Waals surface area contributed by atoms with Crippen LogP contribution in [0.5, 0.6) is 5.75 Å². The molecule has 114 valence electrons. The van der Waals surface area contributed by atoms with E-state index in [1.54, 1.807) is 0 Å². The number of rotatable bonds is 10. The summed E-state index contributed by atoms with van der Waals surface area (Å²) in [5.74, 6) is 1.62. The summed E-state index contributed by atoms with van der Waals surface area (Å²) >= 11 is 0. The summed E-state index contributed by atoms with van der Waals surface area (Å²) in [5, 5.41) is 12.4. The Labute approximate surface area is 123 Å². The van der Waals surface area contributed by atoms with Crippen LogP contribution in [0.15, 0.2) is 24.3 Å². The van der Waals surface area contributed by atoms with E-state index in [4.69, 9.17) is 9.84 Å². The molecule has 0 aromatic heterocycles. The predicted octanol–water partition coefficient (Wildman–Crippen LogP) is 3.36. The zero-order chi connectivity index (χ0) is 14.8. The summed E-state index contributed by atoms with van der Waals surface area (Å²) in [6, 6.07) is 8.66. The molecule has 0 aliphatic carbocycles. The second-order valence-corrected chi connectivity index (χ2v) is 5.67. The van der Waals surface area contributed by atoms with Crippen molar-refractivity contribution in [1.29, 1.82) is 0 Å². The van der Waals surface area contributed by atoms with Gasteiger partial charge in [0, 0.05) is 19.2 Å². The van der Waals surface area contributed by atoms with Gasteiger partial charge in [0.15, 0.2) is 0 Å². The van der Waals surface area contributed by atoms with Crippen molar-refractivity contribution < 1.29 is 9.84 Å². The maximum atomic E-state index is 8.97. The average Bonchev–Trinajstić information content (AvgIpc) is 2.44. The highest BCUT2D eigenvalue weighted by Gasteiger charge is 2.04. The highest BCUT2D eigenvalue weighted by molar-refractivity contribution is 5.27. The fraction of sp³-hybridized carbons (Fsp3) is 0.647. The van der Waals surface area contributed by atoms with Gasteiger partial charge in [-0.1, -0.05) is 32.9 Å². The van der Waals surface area contributed by atoms with Crippen LogP contribution in [0.4, 0.5) is 0 Å². The van der Waals surface area contributed by atoms with Crippen LogP contribution in [0.2, 0.25) is 0 Å². The Hall–Kier alpha value is -1.06. The van der Waals surface area contributed by atoms with Crippen molar-refractivity contribution in [3.63, 3.8) is 0 Å². The first-order valence-corrected chi connectivity index (χ1v) is 7.71. The molecule has 1 aromatic rings. The molecule has 0 spiro atoms. The van der Waals surface area contributed by atoms with Gasteiger partial charge in [-0.2, -0.15) is 0 Å². The first-order chi connectivity index (χ1) is 9.65. The van der Waals surface area contributed by atoms with Crippen molar-refractivity contribution in [2.24, 2.45) is 5.92 Å². The number of nitrogens with one attached hydrogen (secondary N) is 1. The summed E-state index contributed by atoms with van der Waals surface area (Å²) in [6.45, 7) is 8.41.